The highest BCUT2D eigenvalue weighted by atomic mass is 32.2. The summed E-state index contributed by atoms with van der Waals surface area (Å²) in [6.07, 6.45) is 1.52. The summed E-state index contributed by atoms with van der Waals surface area (Å²) in [4.78, 5) is 31.6. The van der Waals surface area contributed by atoms with Crippen LogP contribution in [-0.4, -0.2) is 27.4 Å². The first-order chi connectivity index (χ1) is 12.7. The molecule has 134 valence electrons. The average molecular weight is 386 g/mol. The number of thioether (sulfide) groups is 1. The van der Waals surface area contributed by atoms with Crippen molar-refractivity contribution in [2.75, 3.05) is 6.61 Å². The van der Waals surface area contributed by atoms with E-state index >= 15 is 0 Å². The van der Waals surface area contributed by atoms with Gasteiger partial charge in [0, 0.05) is 11.3 Å². The van der Waals surface area contributed by atoms with Gasteiger partial charge in [0.2, 0.25) is 0 Å². The van der Waals surface area contributed by atoms with Gasteiger partial charge in [-0.15, -0.1) is 11.3 Å². The van der Waals surface area contributed by atoms with Gasteiger partial charge in [-0.05, 0) is 18.1 Å². The van der Waals surface area contributed by atoms with Gasteiger partial charge in [-0.1, -0.05) is 49.0 Å². The molecule has 4 rings (SSSR count). The Morgan fingerprint density at radius 1 is 1.31 bits per heavy atom. The molecule has 0 radical (unpaired) electrons. The lowest BCUT2D eigenvalue weighted by atomic mass is 10.2. The number of aryl methyl sites for hydroxylation is 1. The third-order valence-electron chi connectivity index (χ3n) is 4.33. The van der Waals surface area contributed by atoms with E-state index in [1.54, 1.807) is 15.9 Å². The Morgan fingerprint density at radius 2 is 2.12 bits per heavy atom. The number of nitrogens with zero attached hydrogens (tertiary/aromatic N) is 2. The first-order valence-electron chi connectivity index (χ1n) is 8.56. The van der Waals surface area contributed by atoms with Crippen molar-refractivity contribution in [3.05, 3.63) is 57.2 Å². The highest BCUT2D eigenvalue weighted by molar-refractivity contribution is 8.00. The molecular formula is C19H18N2O3S2. The number of carbonyl (C=O) groups is 1. The van der Waals surface area contributed by atoms with Crippen molar-refractivity contribution in [2.24, 2.45) is 0 Å². The molecule has 1 atom stereocenters. The van der Waals surface area contributed by atoms with E-state index in [0.29, 0.717) is 30.1 Å². The van der Waals surface area contributed by atoms with E-state index in [1.807, 2.05) is 36.4 Å². The second-order valence-corrected chi connectivity index (χ2v) is 8.40. The molecule has 3 heterocycles. The lowest BCUT2D eigenvalue weighted by Crippen LogP contribution is -2.24. The van der Waals surface area contributed by atoms with E-state index in [4.69, 9.17) is 9.72 Å². The summed E-state index contributed by atoms with van der Waals surface area (Å²) in [6, 6.07) is 11.8. The zero-order valence-electron chi connectivity index (χ0n) is 14.3. The summed E-state index contributed by atoms with van der Waals surface area (Å²) in [5, 5.41) is 0.938. The van der Waals surface area contributed by atoms with Crippen LogP contribution in [0.25, 0.3) is 10.2 Å². The summed E-state index contributed by atoms with van der Waals surface area (Å²) < 4.78 is 6.74. The molecule has 0 bridgehead atoms. The van der Waals surface area contributed by atoms with Gasteiger partial charge in [0.25, 0.3) is 5.56 Å². The zero-order chi connectivity index (χ0) is 18.1. The van der Waals surface area contributed by atoms with Gasteiger partial charge in [0.05, 0.1) is 18.5 Å². The molecule has 1 aliphatic rings. The van der Waals surface area contributed by atoms with Crippen molar-refractivity contribution in [1.82, 2.24) is 9.55 Å². The Kier molecular flexibility index (Phi) is 4.82. The summed E-state index contributed by atoms with van der Waals surface area (Å²) >= 11 is 2.88. The molecule has 0 aliphatic carbocycles. The molecule has 1 aromatic carbocycles. The van der Waals surface area contributed by atoms with Crippen molar-refractivity contribution in [3.63, 3.8) is 0 Å². The van der Waals surface area contributed by atoms with Crippen LogP contribution in [0.3, 0.4) is 0 Å². The van der Waals surface area contributed by atoms with Crippen LogP contribution in [0.4, 0.5) is 0 Å². The smallest absolute Gasteiger partial charge is 0.319 e. The minimum atomic E-state index is -0.299. The second kappa shape index (κ2) is 7.25. The van der Waals surface area contributed by atoms with Gasteiger partial charge in [-0.2, -0.15) is 0 Å². The zero-order valence-corrected chi connectivity index (χ0v) is 15.9. The summed E-state index contributed by atoms with van der Waals surface area (Å²) in [6.45, 7) is 2.93. The van der Waals surface area contributed by atoms with Crippen LogP contribution in [0.5, 0.6) is 0 Å². The first-order valence-corrected chi connectivity index (χ1v) is 10.3. The summed E-state index contributed by atoms with van der Waals surface area (Å²) in [5.74, 6) is -0.226. The fraction of sp³-hybridized carbons (Fsp3) is 0.316. The Hall–Kier alpha value is -2.12. The lowest BCUT2D eigenvalue weighted by Gasteiger charge is -2.13. The standard InChI is InChI=1S/C19H18N2O3S2/c1-2-13-10-14-16(25-13)20-19(26-15-8-9-24-18(15)23)21(17(14)22)11-12-6-4-3-5-7-12/h3-7,10,15H,2,8-9,11H2,1H3/t15-/m1/s1. The lowest BCUT2D eigenvalue weighted by molar-refractivity contribution is -0.137. The maximum absolute atomic E-state index is 13.1. The molecule has 2 aromatic heterocycles. The summed E-state index contributed by atoms with van der Waals surface area (Å²) in [7, 11) is 0. The van der Waals surface area contributed by atoms with Crippen molar-refractivity contribution in [1.29, 1.82) is 0 Å². The molecule has 5 nitrogen and oxygen atoms in total. The number of hydrogen-bond acceptors (Lipinski definition) is 6. The molecule has 0 unspecified atom stereocenters. The highest BCUT2D eigenvalue weighted by Gasteiger charge is 2.29. The van der Waals surface area contributed by atoms with Crippen molar-refractivity contribution < 1.29 is 9.53 Å². The number of carbonyl (C=O) groups excluding carboxylic acids is 1. The third-order valence-corrected chi connectivity index (χ3v) is 6.74. The van der Waals surface area contributed by atoms with Gasteiger partial charge in [0.15, 0.2) is 5.16 Å². The highest BCUT2D eigenvalue weighted by Crippen LogP contribution is 2.31. The number of cyclic esters (lactones) is 1. The topological polar surface area (TPSA) is 61.2 Å². The SMILES string of the molecule is CCc1cc2c(=O)n(Cc3ccccc3)c(S[C@@H]3CCOC3=O)nc2s1. The number of benzene rings is 1. The fourth-order valence-corrected chi connectivity index (χ4v) is 5.00. The first kappa shape index (κ1) is 17.3. The molecule has 1 aliphatic heterocycles. The number of fused-ring (bicyclic) bond motifs is 1. The maximum Gasteiger partial charge on any atom is 0.319 e. The normalized spacial score (nSPS) is 17.0. The van der Waals surface area contributed by atoms with Crippen molar-refractivity contribution in [2.45, 2.75) is 36.7 Å². The summed E-state index contributed by atoms with van der Waals surface area (Å²) in [5.41, 5.74) is 0.973. The van der Waals surface area contributed by atoms with Crippen LogP contribution in [0, 0.1) is 0 Å². The second-order valence-electron chi connectivity index (χ2n) is 6.12. The molecule has 0 saturated carbocycles. The maximum atomic E-state index is 13.1. The number of esters is 1. The largest absolute Gasteiger partial charge is 0.465 e. The number of ether oxygens (including phenoxy) is 1. The molecule has 0 spiro atoms. The van der Waals surface area contributed by atoms with Crippen molar-refractivity contribution >= 4 is 39.3 Å². The Labute approximate surface area is 159 Å². The van der Waals surface area contributed by atoms with E-state index in [0.717, 1.165) is 21.7 Å². The Bertz CT molecular complexity index is 1010. The van der Waals surface area contributed by atoms with Gasteiger partial charge >= 0.3 is 5.97 Å². The molecule has 3 aromatic rings. The molecule has 7 heteroatoms. The fourth-order valence-electron chi connectivity index (χ4n) is 2.93. The van der Waals surface area contributed by atoms with Crippen molar-refractivity contribution in [3.8, 4) is 0 Å². The number of rotatable bonds is 5. The van der Waals surface area contributed by atoms with Gasteiger partial charge in [-0.3, -0.25) is 14.2 Å². The van der Waals surface area contributed by atoms with Crippen LogP contribution in [0.1, 0.15) is 23.8 Å². The minimum Gasteiger partial charge on any atom is -0.465 e. The average Bonchev–Trinajstić information content (AvgIpc) is 3.25. The predicted molar refractivity (Wildman–Crippen MR) is 104 cm³/mol. The van der Waals surface area contributed by atoms with E-state index in [9.17, 15) is 9.59 Å². The molecule has 1 fully saturated rings. The van der Waals surface area contributed by atoms with E-state index < -0.39 is 0 Å². The Balaban J connectivity index is 1.82. The number of thiophene rings is 1. The molecule has 1 saturated heterocycles. The van der Waals surface area contributed by atoms with Crippen LogP contribution in [0.15, 0.2) is 46.3 Å². The quantitative estimate of drug-likeness (QED) is 0.496. The van der Waals surface area contributed by atoms with Crippen LogP contribution < -0.4 is 5.56 Å². The van der Waals surface area contributed by atoms with E-state index in [2.05, 4.69) is 6.92 Å². The van der Waals surface area contributed by atoms with E-state index in [-0.39, 0.29) is 16.8 Å². The Morgan fingerprint density at radius 3 is 2.81 bits per heavy atom. The third kappa shape index (κ3) is 3.29. The van der Waals surface area contributed by atoms with Gasteiger partial charge < -0.3 is 4.74 Å². The molecule has 0 N–H and O–H groups in total. The minimum absolute atomic E-state index is 0.0522. The molecule has 0 amide bonds. The molecular weight excluding hydrogens is 368 g/mol. The number of aromatic nitrogens is 2. The van der Waals surface area contributed by atoms with Gasteiger partial charge in [0.1, 0.15) is 10.1 Å². The predicted octanol–water partition coefficient (Wildman–Crippen LogP) is 3.48. The van der Waals surface area contributed by atoms with Crippen LogP contribution in [-0.2, 0) is 22.5 Å². The van der Waals surface area contributed by atoms with Crippen LogP contribution >= 0.6 is 23.1 Å². The number of hydrogen-bond donors (Lipinski definition) is 0. The monoisotopic (exact) mass is 386 g/mol. The van der Waals surface area contributed by atoms with Crippen LogP contribution in [0.2, 0.25) is 0 Å². The van der Waals surface area contributed by atoms with Gasteiger partial charge in [-0.25, -0.2) is 4.98 Å². The molecule has 26 heavy (non-hydrogen) atoms. The van der Waals surface area contributed by atoms with E-state index in [1.165, 1.54) is 11.8 Å².